The van der Waals surface area contributed by atoms with Crippen LogP contribution >= 0.6 is 11.6 Å². The molecule has 0 unspecified atom stereocenters. The van der Waals surface area contributed by atoms with E-state index >= 15 is 0 Å². The number of rotatable bonds is 5. The van der Waals surface area contributed by atoms with Crippen LogP contribution in [0.3, 0.4) is 0 Å². The van der Waals surface area contributed by atoms with E-state index in [1.54, 1.807) is 0 Å². The van der Waals surface area contributed by atoms with Crippen molar-refractivity contribution in [3.8, 4) is 0 Å². The monoisotopic (exact) mass is 266 g/mol. The number of likely N-dealkylation sites (tertiary alicyclic amines) is 1. The van der Waals surface area contributed by atoms with E-state index in [0.29, 0.717) is 0 Å². The lowest BCUT2D eigenvalue weighted by atomic mass is 9.97. The van der Waals surface area contributed by atoms with Crippen molar-refractivity contribution in [2.45, 2.75) is 19.3 Å². The lowest BCUT2D eigenvalue weighted by Gasteiger charge is -2.32. The van der Waals surface area contributed by atoms with E-state index < -0.39 is 0 Å². The molecule has 0 aromatic heterocycles. The van der Waals surface area contributed by atoms with Gasteiger partial charge in [0.1, 0.15) is 0 Å². The van der Waals surface area contributed by atoms with Gasteiger partial charge in [0.05, 0.1) is 0 Å². The minimum absolute atomic E-state index is 0.825. The van der Waals surface area contributed by atoms with Gasteiger partial charge in [0.15, 0.2) is 0 Å². The summed E-state index contributed by atoms with van der Waals surface area (Å²) >= 11 is 5.90. The Labute approximate surface area is 115 Å². The van der Waals surface area contributed by atoms with Gasteiger partial charge in [-0.05, 0) is 63.0 Å². The number of hydrogen-bond donors (Lipinski definition) is 1. The van der Waals surface area contributed by atoms with Crippen molar-refractivity contribution in [2.75, 3.05) is 33.2 Å². The molecule has 1 heterocycles. The minimum Gasteiger partial charge on any atom is -0.319 e. The van der Waals surface area contributed by atoms with Gasteiger partial charge in [0.25, 0.3) is 0 Å². The van der Waals surface area contributed by atoms with E-state index in [1.807, 2.05) is 19.2 Å². The molecule has 1 aromatic rings. The van der Waals surface area contributed by atoms with Crippen LogP contribution in [-0.4, -0.2) is 38.1 Å². The second-order valence-electron chi connectivity index (χ2n) is 5.24. The number of benzene rings is 1. The fraction of sp³-hybridized carbons (Fsp3) is 0.600. The molecule has 1 fully saturated rings. The van der Waals surface area contributed by atoms with Crippen molar-refractivity contribution in [1.29, 1.82) is 0 Å². The molecule has 0 radical (unpaired) electrons. The highest BCUT2D eigenvalue weighted by molar-refractivity contribution is 6.30. The molecule has 1 aromatic carbocycles. The molecule has 0 saturated carbocycles. The summed E-state index contributed by atoms with van der Waals surface area (Å²) in [6, 6.07) is 8.24. The number of nitrogens with zero attached hydrogens (tertiary/aromatic N) is 1. The average molecular weight is 267 g/mol. The van der Waals surface area contributed by atoms with Crippen molar-refractivity contribution >= 4 is 11.6 Å². The van der Waals surface area contributed by atoms with Crippen molar-refractivity contribution < 1.29 is 0 Å². The fourth-order valence-electron chi connectivity index (χ4n) is 2.75. The highest BCUT2D eigenvalue weighted by atomic mass is 35.5. The minimum atomic E-state index is 0.825. The summed E-state index contributed by atoms with van der Waals surface area (Å²) in [5.74, 6) is 0.828. The van der Waals surface area contributed by atoms with E-state index in [1.165, 1.54) is 38.0 Å². The third-order valence-electron chi connectivity index (χ3n) is 3.73. The Hall–Kier alpha value is -0.570. The first-order valence-electron chi connectivity index (χ1n) is 6.89. The van der Waals surface area contributed by atoms with Crippen molar-refractivity contribution in [2.24, 2.45) is 5.92 Å². The van der Waals surface area contributed by atoms with Crippen LogP contribution in [0.4, 0.5) is 0 Å². The van der Waals surface area contributed by atoms with Gasteiger partial charge in [-0.2, -0.15) is 0 Å². The first-order valence-corrected chi connectivity index (χ1v) is 7.27. The third kappa shape index (κ3) is 4.27. The Morgan fingerprint density at radius 1 is 1.33 bits per heavy atom. The van der Waals surface area contributed by atoms with Crippen molar-refractivity contribution in [3.05, 3.63) is 34.9 Å². The smallest absolute Gasteiger partial charge is 0.0406 e. The zero-order valence-corrected chi connectivity index (χ0v) is 11.9. The second-order valence-corrected chi connectivity index (χ2v) is 5.68. The Kier molecular flexibility index (Phi) is 5.48. The Balaban J connectivity index is 1.77. The van der Waals surface area contributed by atoms with Crippen molar-refractivity contribution in [1.82, 2.24) is 10.2 Å². The average Bonchev–Trinajstić information content (AvgIpc) is 2.39. The molecular formula is C15H23ClN2. The quantitative estimate of drug-likeness (QED) is 0.882. The lowest BCUT2D eigenvalue weighted by molar-refractivity contribution is 0.175. The van der Waals surface area contributed by atoms with E-state index in [9.17, 15) is 0 Å². The van der Waals surface area contributed by atoms with Crippen LogP contribution < -0.4 is 5.32 Å². The van der Waals surface area contributed by atoms with Crippen LogP contribution in [-0.2, 0) is 6.42 Å². The Morgan fingerprint density at radius 3 is 2.83 bits per heavy atom. The summed E-state index contributed by atoms with van der Waals surface area (Å²) in [5.41, 5.74) is 1.38. The molecule has 2 nitrogen and oxygen atoms in total. The summed E-state index contributed by atoms with van der Waals surface area (Å²) in [6.45, 7) is 4.82. The molecule has 1 N–H and O–H groups in total. The van der Waals surface area contributed by atoms with Gasteiger partial charge in [-0.1, -0.05) is 23.7 Å². The first-order chi connectivity index (χ1) is 8.78. The van der Waals surface area contributed by atoms with Gasteiger partial charge in [0, 0.05) is 18.1 Å². The van der Waals surface area contributed by atoms with E-state index in [0.717, 1.165) is 23.9 Å². The molecule has 3 heteroatoms. The predicted octanol–water partition coefficient (Wildman–Crippen LogP) is 2.81. The van der Waals surface area contributed by atoms with Crippen LogP contribution in [0, 0.1) is 5.92 Å². The van der Waals surface area contributed by atoms with E-state index in [4.69, 9.17) is 11.6 Å². The number of nitrogens with one attached hydrogen (secondary N) is 1. The van der Waals surface area contributed by atoms with Gasteiger partial charge in [0.2, 0.25) is 0 Å². The standard InChI is InChI=1S/C15H23ClN2/c1-17-11-14-3-2-9-18(12-14)10-8-13-4-6-15(16)7-5-13/h4-7,14,17H,2-3,8-12H2,1H3/t14-/m1/s1. The second kappa shape index (κ2) is 7.13. The molecule has 0 aliphatic carbocycles. The highest BCUT2D eigenvalue weighted by Crippen LogP contribution is 2.16. The van der Waals surface area contributed by atoms with Crippen LogP contribution in [0.25, 0.3) is 0 Å². The van der Waals surface area contributed by atoms with Gasteiger partial charge in [-0.3, -0.25) is 0 Å². The third-order valence-corrected chi connectivity index (χ3v) is 3.98. The summed E-state index contributed by atoms with van der Waals surface area (Å²) in [4.78, 5) is 2.60. The zero-order chi connectivity index (χ0) is 12.8. The van der Waals surface area contributed by atoms with Crippen LogP contribution in [0.2, 0.25) is 5.02 Å². The summed E-state index contributed by atoms with van der Waals surface area (Å²) in [7, 11) is 2.05. The number of hydrogen-bond acceptors (Lipinski definition) is 2. The molecule has 0 spiro atoms. The topological polar surface area (TPSA) is 15.3 Å². The predicted molar refractivity (Wildman–Crippen MR) is 78.2 cm³/mol. The summed E-state index contributed by atoms with van der Waals surface area (Å²) < 4.78 is 0. The molecule has 1 saturated heterocycles. The molecule has 18 heavy (non-hydrogen) atoms. The van der Waals surface area contributed by atoms with Crippen LogP contribution in [0.15, 0.2) is 24.3 Å². The summed E-state index contributed by atoms with van der Waals surface area (Å²) in [6.07, 6.45) is 3.84. The maximum absolute atomic E-state index is 5.90. The SMILES string of the molecule is CNC[C@H]1CCCN(CCc2ccc(Cl)cc2)C1. The molecule has 0 bridgehead atoms. The van der Waals surface area contributed by atoms with Gasteiger partial charge in [-0.25, -0.2) is 0 Å². The van der Waals surface area contributed by atoms with E-state index in [-0.39, 0.29) is 0 Å². The maximum atomic E-state index is 5.90. The zero-order valence-electron chi connectivity index (χ0n) is 11.2. The fourth-order valence-corrected chi connectivity index (χ4v) is 2.87. The van der Waals surface area contributed by atoms with Gasteiger partial charge >= 0.3 is 0 Å². The molecule has 2 rings (SSSR count). The molecule has 1 aliphatic heterocycles. The maximum Gasteiger partial charge on any atom is 0.0406 e. The van der Waals surface area contributed by atoms with Crippen molar-refractivity contribution in [3.63, 3.8) is 0 Å². The molecule has 100 valence electrons. The largest absolute Gasteiger partial charge is 0.319 e. The molecule has 1 atom stereocenters. The first kappa shape index (κ1) is 13.9. The Morgan fingerprint density at radius 2 is 2.11 bits per heavy atom. The highest BCUT2D eigenvalue weighted by Gasteiger charge is 2.18. The van der Waals surface area contributed by atoms with Crippen LogP contribution in [0.5, 0.6) is 0 Å². The van der Waals surface area contributed by atoms with Gasteiger partial charge in [-0.15, -0.1) is 0 Å². The Bertz CT molecular complexity index is 348. The normalized spacial score (nSPS) is 21.1. The molecular weight excluding hydrogens is 244 g/mol. The van der Waals surface area contributed by atoms with Gasteiger partial charge < -0.3 is 10.2 Å². The summed E-state index contributed by atoms with van der Waals surface area (Å²) in [5, 5.41) is 4.12. The number of piperidine rings is 1. The lowest BCUT2D eigenvalue weighted by Crippen LogP contribution is -2.39. The van der Waals surface area contributed by atoms with Crippen LogP contribution in [0.1, 0.15) is 18.4 Å². The molecule has 0 amide bonds. The number of halogens is 1. The van der Waals surface area contributed by atoms with E-state index in [2.05, 4.69) is 22.3 Å². The molecule has 1 aliphatic rings.